The predicted octanol–water partition coefficient (Wildman–Crippen LogP) is 0.963. The molecule has 27 heavy (non-hydrogen) atoms. The fourth-order valence-electron chi connectivity index (χ4n) is 2.44. The molecule has 1 aromatic rings. The quantitative estimate of drug-likeness (QED) is 0.189. The Morgan fingerprint density at radius 3 is 2.15 bits per heavy atom. The maximum Gasteiger partial charge on any atom is 0.333 e. The molecule has 0 aromatic heterocycles. The predicted molar refractivity (Wildman–Crippen MR) is 89.9 cm³/mol. The number of hydrogen-bond acceptors (Lipinski definition) is 8. The molecule has 11 nitrogen and oxygen atoms in total. The van der Waals surface area contributed by atoms with E-state index in [1.165, 1.54) is 26.2 Å². The first kappa shape index (κ1) is 19.6. The third kappa shape index (κ3) is 3.47. The number of imide groups is 2. The smallest absolute Gasteiger partial charge is 0.333 e. The van der Waals surface area contributed by atoms with Crippen molar-refractivity contribution in [3.05, 3.63) is 33.4 Å². The van der Waals surface area contributed by atoms with Gasteiger partial charge in [-0.2, -0.15) is 0 Å². The molecule has 0 radical (unpaired) electrons. The number of nitro groups is 1. The highest BCUT2D eigenvalue weighted by atomic mass is 16.6. The number of esters is 1. The summed E-state index contributed by atoms with van der Waals surface area (Å²) in [4.78, 5) is 59.6. The molecular weight excluding hydrogens is 362 g/mol. The van der Waals surface area contributed by atoms with Gasteiger partial charge < -0.3 is 9.47 Å². The molecule has 0 aliphatic carbocycles. The number of nitrogens with zero attached hydrogens (tertiary/aromatic N) is 3. The Kier molecular flexibility index (Phi) is 5.24. The molecule has 0 atom stereocenters. The van der Waals surface area contributed by atoms with Gasteiger partial charge in [0.2, 0.25) is 5.75 Å². The van der Waals surface area contributed by atoms with E-state index >= 15 is 0 Å². The van der Waals surface area contributed by atoms with Crippen LogP contribution in [0.2, 0.25) is 0 Å². The van der Waals surface area contributed by atoms with Crippen molar-refractivity contribution in [2.24, 2.45) is 0 Å². The highest BCUT2D eigenvalue weighted by Gasteiger charge is 2.38. The topological polar surface area (TPSA) is 136 Å². The normalized spacial score (nSPS) is 14.4. The van der Waals surface area contributed by atoms with Crippen molar-refractivity contribution in [2.75, 3.05) is 21.2 Å². The lowest BCUT2D eigenvalue weighted by atomic mass is 10.0. The van der Waals surface area contributed by atoms with Crippen LogP contribution < -0.4 is 9.47 Å². The number of methoxy groups -OCH3 is 1. The third-order valence-electron chi connectivity index (χ3n) is 3.71. The van der Waals surface area contributed by atoms with Gasteiger partial charge in [0.25, 0.3) is 11.8 Å². The average molecular weight is 377 g/mol. The summed E-state index contributed by atoms with van der Waals surface area (Å²) in [5.41, 5.74) is -1.18. The number of nitro benzene ring substituents is 1. The van der Waals surface area contributed by atoms with E-state index in [2.05, 4.69) is 0 Å². The second-order valence-corrected chi connectivity index (χ2v) is 5.45. The Bertz CT molecular complexity index is 879. The van der Waals surface area contributed by atoms with Crippen molar-refractivity contribution in [3.63, 3.8) is 0 Å². The molecule has 0 unspecified atom stereocenters. The van der Waals surface area contributed by atoms with Crippen LogP contribution in [0.4, 0.5) is 10.5 Å². The largest absolute Gasteiger partial charge is 0.488 e. The van der Waals surface area contributed by atoms with Gasteiger partial charge in [-0.05, 0) is 18.2 Å². The Hall–Kier alpha value is -3.76. The number of carbonyl (C=O) groups excluding carboxylic acids is 4. The molecule has 142 valence electrons. The second-order valence-electron chi connectivity index (χ2n) is 5.45. The van der Waals surface area contributed by atoms with E-state index in [0.717, 1.165) is 20.1 Å². The summed E-state index contributed by atoms with van der Waals surface area (Å²) in [6.45, 7) is 1.11. The summed E-state index contributed by atoms with van der Waals surface area (Å²) in [5, 5.41) is 11.5. The second kappa shape index (κ2) is 7.23. The minimum Gasteiger partial charge on any atom is -0.488 e. The van der Waals surface area contributed by atoms with E-state index in [4.69, 9.17) is 9.47 Å². The third-order valence-corrected chi connectivity index (χ3v) is 3.71. The zero-order valence-corrected chi connectivity index (χ0v) is 14.8. The standard InChI is InChI=1S/C16H15N3O8/c1-8(20)27-11-6-5-9(12(19(24)25)13(11)26-4)7-10-14(21)17(2)16(23)18(3)15(10)22/h5-7H,1-4H3. The van der Waals surface area contributed by atoms with Crippen LogP contribution in [0.25, 0.3) is 6.08 Å². The molecule has 0 spiro atoms. The van der Waals surface area contributed by atoms with Crippen LogP contribution in [0.1, 0.15) is 12.5 Å². The first-order valence-electron chi connectivity index (χ1n) is 7.45. The van der Waals surface area contributed by atoms with Gasteiger partial charge in [0, 0.05) is 21.0 Å². The average Bonchev–Trinajstić information content (AvgIpc) is 2.61. The summed E-state index contributed by atoms with van der Waals surface area (Å²) in [7, 11) is 3.50. The number of ether oxygens (including phenoxy) is 2. The summed E-state index contributed by atoms with van der Waals surface area (Å²) >= 11 is 0. The maximum absolute atomic E-state index is 12.3. The minimum atomic E-state index is -0.902. The molecule has 0 saturated carbocycles. The summed E-state index contributed by atoms with van der Waals surface area (Å²) < 4.78 is 9.87. The summed E-state index contributed by atoms with van der Waals surface area (Å²) in [6, 6.07) is 1.61. The number of urea groups is 1. The van der Waals surface area contributed by atoms with Crippen molar-refractivity contribution in [1.82, 2.24) is 9.80 Å². The highest BCUT2D eigenvalue weighted by molar-refractivity contribution is 6.30. The number of carbonyl (C=O) groups is 4. The van der Waals surface area contributed by atoms with Crippen LogP contribution in [0, 0.1) is 10.1 Å². The van der Waals surface area contributed by atoms with Gasteiger partial charge in [0.1, 0.15) is 5.57 Å². The SMILES string of the molecule is COc1c(OC(C)=O)ccc(C=C2C(=O)N(C)C(=O)N(C)C2=O)c1[N+](=O)[O-]. The van der Waals surface area contributed by atoms with Crippen LogP contribution in [0.3, 0.4) is 0 Å². The van der Waals surface area contributed by atoms with Crippen LogP contribution in [-0.4, -0.2) is 59.7 Å². The zero-order valence-electron chi connectivity index (χ0n) is 14.8. The number of hydrogen-bond donors (Lipinski definition) is 0. The number of amides is 4. The van der Waals surface area contributed by atoms with E-state index in [-0.39, 0.29) is 17.1 Å². The number of likely N-dealkylation sites (N-methyl/N-ethyl adjacent to an activating group) is 2. The molecule has 1 aliphatic rings. The molecule has 11 heteroatoms. The van der Waals surface area contributed by atoms with Crippen LogP contribution in [0.15, 0.2) is 17.7 Å². The first-order chi connectivity index (χ1) is 12.6. The lowest BCUT2D eigenvalue weighted by molar-refractivity contribution is -0.386. The van der Waals surface area contributed by atoms with Gasteiger partial charge in [-0.15, -0.1) is 0 Å². The van der Waals surface area contributed by atoms with Crippen molar-refractivity contribution >= 4 is 35.6 Å². The monoisotopic (exact) mass is 377 g/mol. The molecule has 0 bridgehead atoms. The van der Waals surface area contributed by atoms with E-state index in [0.29, 0.717) is 9.80 Å². The van der Waals surface area contributed by atoms with Crippen LogP contribution in [-0.2, 0) is 14.4 Å². The first-order valence-corrected chi connectivity index (χ1v) is 7.45. The Labute approximate surface area is 152 Å². The lowest BCUT2D eigenvalue weighted by Crippen LogP contribution is -2.52. The van der Waals surface area contributed by atoms with Crippen molar-refractivity contribution in [3.8, 4) is 11.5 Å². The highest BCUT2D eigenvalue weighted by Crippen LogP contribution is 2.40. The fraction of sp³-hybridized carbons (Fsp3) is 0.250. The van der Waals surface area contributed by atoms with Crippen LogP contribution in [0.5, 0.6) is 11.5 Å². The number of barbiturate groups is 1. The van der Waals surface area contributed by atoms with E-state index < -0.39 is 40.0 Å². The molecule has 1 heterocycles. The minimum absolute atomic E-state index is 0.138. The molecule has 1 saturated heterocycles. The molecule has 1 aliphatic heterocycles. The van der Waals surface area contributed by atoms with Crippen molar-refractivity contribution < 1.29 is 33.6 Å². The molecule has 1 aromatic carbocycles. The molecule has 1 fully saturated rings. The molecule has 4 amide bonds. The van der Waals surface area contributed by atoms with Gasteiger partial charge in [-0.3, -0.25) is 34.3 Å². The fourth-order valence-corrected chi connectivity index (χ4v) is 2.44. The Morgan fingerprint density at radius 1 is 1.15 bits per heavy atom. The van der Waals surface area contributed by atoms with E-state index in [1.54, 1.807) is 0 Å². The summed E-state index contributed by atoms with van der Waals surface area (Å²) in [5.74, 6) is -3.06. The van der Waals surface area contributed by atoms with E-state index in [1.807, 2.05) is 0 Å². The Balaban J connectivity index is 2.68. The van der Waals surface area contributed by atoms with Gasteiger partial charge in [-0.25, -0.2) is 4.79 Å². The van der Waals surface area contributed by atoms with Crippen molar-refractivity contribution in [2.45, 2.75) is 6.92 Å². The van der Waals surface area contributed by atoms with Gasteiger partial charge in [-0.1, -0.05) is 0 Å². The molecular formula is C16H15N3O8. The lowest BCUT2D eigenvalue weighted by Gasteiger charge is -2.28. The molecule has 2 rings (SSSR count). The Morgan fingerprint density at radius 2 is 1.70 bits per heavy atom. The van der Waals surface area contributed by atoms with Gasteiger partial charge >= 0.3 is 17.7 Å². The number of rotatable bonds is 4. The van der Waals surface area contributed by atoms with Gasteiger partial charge in [0.05, 0.1) is 17.6 Å². The van der Waals surface area contributed by atoms with E-state index in [9.17, 15) is 29.3 Å². The number of benzene rings is 1. The van der Waals surface area contributed by atoms with Crippen LogP contribution >= 0.6 is 0 Å². The van der Waals surface area contributed by atoms with Gasteiger partial charge in [0.15, 0.2) is 5.75 Å². The zero-order chi connectivity index (χ0) is 20.5. The van der Waals surface area contributed by atoms with Crippen molar-refractivity contribution in [1.29, 1.82) is 0 Å². The maximum atomic E-state index is 12.3. The molecule has 0 N–H and O–H groups in total. The summed E-state index contributed by atoms with van der Waals surface area (Å²) in [6.07, 6.45) is 0.988.